The summed E-state index contributed by atoms with van der Waals surface area (Å²) in [5.74, 6) is 0.186. The zero-order chi connectivity index (χ0) is 20.6. The van der Waals surface area contributed by atoms with Crippen molar-refractivity contribution in [3.8, 4) is 11.5 Å². The molecule has 2 N–H and O–H groups in total. The number of nitrogens with zero attached hydrogens (tertiary/aromatic N) is 1. The maximum atomic E-state index is 11.2. The summed E-state index contributed by atoms with van der Waals surface area (Å²) in [4.78, 5) is 11.2. The number of carboxylic acid groups (broad SMARTS) is 1. The van der Waals surface area contributed by atoms with E-state index in [0.29, 0.717) is 23.8 Å². The van der Waals surface area contributed by atoms with E-state index in [-0.39, 0.29) is 5.56 Å². The molecule has 0 bridgehead atoms. The fourth-order valence-electron chi connectivity index (χ4n) is 2.57. The molecule has 7 heteroatoms. The first-order chi connectivity index (χ1) is 14.1. The van der Waals surface area contributed by atoms with E-state index in [9.17, 15) is 9.90 Å². The molecule has 0 aromatic heterocycles. The highest BCUT2D eigenvalue weighted by atomic mass is 79.9. The zero-order valence-corrected chi connectivity index (χ0v) is 17.2. The average molecular weight is 455 g/mol. The molecule has 148 valence electrons. The molecular formula is C22H19BrN2O4. The van der Waals surface area contributed by atoms with Gasteiger partial charge in [-0.1, -0.05) is 40.2 Å². The fraction of sp³-hybridized carbons (Fsp3) is 0.0909. The summed E-state index contributed by atoms with van der Waals surface area (Å²) in [7, 11) is 1.57. The van der Waals surface area contributed by atoms with Crippen molar-refractivity contribution in [2.24, 2.45) is 5.10 Å². The number of para-hydroxylation sites is 1. The minimum atomic E-state index is -1.02. The first-order valence-corrected chi connectivity index (χ1v) is 9.53. The van der Waals surface area contributed by atoms with Gasteiger partial charge in [-0.3, -0.25) is 5.43 Å². The monoisotopic (exact) mass is 454 g/mol. The van der Waals surface area contributed by atoms with Crippen LogP contribution in [0.5, 0.6) is 11.5 Å². The predicted octanol–water partition coefficient (Wildman–Crippen LogP) is 5.18. The van der Waals surface area contributed by atoms with Crippen molar-refractivity contribution in [3.63, 3.8) is 0 Å². The predicted molar refractivity (Wildman–Crippen MR) is 116 cm³/mol. The molecule has 0 aliphatic heterocycles. The summed E-state index contributed by atoms with van der Waals surface area (Å²) in [5.41, 5.74) is 5.15. The second-order valence-corrected chi connectivity index (χ2v) is 6.96. The van der Waals surface area contributed by atoms with E-state index >= 15 is 0 Å². The van der Waals surface area contributed by atoms with Gasteiger partial charge in [0.25, 0.3) is 0 Å². The number of benzene rings is 3. The molecule has 6 nitrogen and oxygen atoms in total. The Balaban J connectivity index is 1.67. The first-order valence-electron chi connectivity index (χ1n) is 8.73. The highest BCUT2D eigenvalue weighted by molar-refractivity contribution is 9.10. The summed E-state index contributed by atoms with van der Waals surface area (Å²) in [5, 5.41) is 13.3. The van der Waals surface area contributed by atoms with Crippen molar-refractivity contribution >= 4 is 33.8 Å². The molecule has 3 aromatic carbocycles. The summed E-state index contributed by atoms with van der Waals surface area (Å²) in [6, 6.07) is 19.9. The van der Waals surface area contributed by atoms with Gasteiger partial charge in [-0.25, -0.2) is 4.79 Å². The summed E-state index contributed by atoms with van der Waals surface area (Å²) >= 11 is 3.41. The van der Waals surface area contributed by atoms with Crippen LogP contribution < -0.4 is 14.9 Å². The van der Waals surface area contributed by atoms with Gasteiger partial charge in [-0.2, -0.15) is 5.10 Å². The smallest absolute Gasteiger partial charge is 0.337 e. The van der Waals surface area contributed by atoms with Crippen LogP contribution in [-0.2, 0) is 6.61 Å². The van der Waals surface area contributed by atoms with Gasteiger partial charge in [0, 0.05) is 4.47 Å². The number of hydrogen-bond donors (Lipinski definition) is 2. The van der Waals surface area contributed by atoms with Gasteiger partial charge < -0.3 is 14.6 Å². The van der Waals surface area contributed by atoms with Gasteiger partial charge in [0.1, 0.15) is 6.61 Å². The van der Waals surface area contributed by atoms with Crippen LogP contribution in [0.15, 0.2) is 76.3 Å². The number of carbonyl (C=O) groups is 1. The number of carboxylic acids is 1. The van der Waals surface area contributed by atoms with Crippen LogP contribution in [0.3, 0.4) is 0 Å². The third-order valence-corrected chi connectivity index (χ3v) is 4.58. The lowest BCUT2D eigenvalue weighted by molar-refractivity contribution is 0.0698. The third-order valence-electron chi connectivity index (χ3n) is 4.05. The van der Waals surface area contributed by atoms with Crippen molar-refractivity contribution < 1.29 is 19.4 Å². The molecule has 0 aliphatic rings. The number of ether oxygens (including phenoxy) is 2. The van der Waals surface area contributed by atoms with Crippen molar-refractivity contribution in [1.29, 1.82) is 0 Å². The lowest BCUT2D eigenvalue weighted by Crippen LogP contribution is -2.02. The van der Waals surface area contributed by atoms with E-state index in [1.807, 2.05) is 36.4 Å². The lowest BCUT2D eigenvalue weighted by atomic mass is 10.2. The normalized spacial score (nSPS) is 10.7. The Morgan fingerprint density at radius 2 is 1.86 bits per heavy atom. The quantitative estimate of drug-likeness (QED) is 0.362. The first kappa shape index (κ1) is 20.4. The van der Waals surface area contributed by atoms with E-state index in [2.05, 4.69) is 26.5 Å². The zero-order valence-electron chi connectivity index (χ0n) is 15.6. The van der Waals surface area contributed by atoms with Crippen LogP contribution in [0, 0.1) is 0 Å². The van der Waals surface area contributed by atoms with Crippen molar-refractivity contribution in [2.75, 3.05) is 12.5 Å². The molecule has 0 atom stereocenters. The average Bonchev–Trinajstić information content (AvgIpc) is 2.74. The van der Waals surface area contributed by atoms with Crippen LogP contribution >= 0.6 is 15.9 Å². The molecule has 0 heterocycles. The number of hydrazone groups is 1. The van der Waals surface area contributed by atoms with Crippen LogP contribution in [-0.4, -0.2) is 24.4 Å². The largest absolute Gasteiger partial charge is 0.493 e. The molecule has 0 spiro atoms. The Bertz CT molecular complexity index is 1020. The van der Waals surface area contributed by atoms with Crippen LogP contribution in [0.25, 0.3) is 0 Å². The van der Waals surface area contributed by atoms with E-state index in [1.165, 1.54) is 6.07 Å². The maximum Gasteiger partial charge on any atom is 0.337 e. The Morgan fingerprint density at radius 3 is 2.59 bits per heavy atom. The number of hydrogen-bond acceptors (Lipinski definition) is 5. The molecule has 3 aromatic rings. The Hall–Kier alpha value is -3.32. The molecular weight excluding hydrogens is 436 g/mol. The second kappa shape index (κ2) is 9.75. The van der Waals surface area contributed by atoms with Crippen molar-refractivity contribution in [2.45, 2.75) is 6.61 Å². The topological polar surface area (TPSA) is 80.2 Å². The SMILES string of the molecule is COc1cc(C=NNc2ccccc2C(=O)O)ccc1OCc1ccc(Br)cc1. The Morgan fingerprint density at radius 1 is 1.10 bits per heavy atom. The molecule has 0 unspecified atom stereocenters. The molecule has 0 aliphatic carbocycles. The van der Waals surface area contributed by atoms with Gasteiger partial charge in [-0.15, -0.1) is 0 Å². The van der Waals surface area contributed by atoms with Gasteiger partial charge in [0.2, 0.25) is 0 Å². The summed E-state index contributed by atoms with van der Waals surface area (Å²) in [6.45, 7) is 0.421. The lowest BCUT2D eigenvalue weighted by Gasteiger charge is -2.11. The standard InChI is InChI=1S/C22H19BrN2O4/c1-28-21-12-16(13-24-25-19-5-3-2-4-18(19)22(26)27)8-11-20(21)29-14-15-6-9-17(23)10-7-15/h2-13,25H,14H2,1H3,(H,26,27). The number of rotatable bonds is 8. The molecule has 3 rings (SSSR count). The van der Waals surface area contributed by atoms with E-state index in [4.69, 9.17) is 9.47 Å². The van der Waals surface area contributed by atoms with Crippen LogP contribution in [0.2, 0.25) is 0 Å². The minimum absolute atomic E-state index is 0.152. The Kier molecular flexibility index (Phi) is 6.86. The second-order valence-electron chi connectivity index (χ2n) is 6.05. The number of halogens is 1. The highest BCUT2D eigenvalue weighted by Crippen LogP contribution is 2.28. The van der Waals surface area contributed by atoms with Crippen LogP contribution in [0.4, 0.5) is 5.69 Å². The van der Waals surface area contributed by atoms with E-state index in [1.54, 1.807) is 37.6 Å². The number of nitrogens with one attached hydrogen (secondary N) is 1. The molecule has 0 saturated carbocycles. The van der Waals surface area contributed by atoms with Gasteiger partial charge in [0.15, 0.2) is 11.5 Å². The third kappa shape index (κ3) is 5.58. The molecule has 0 fully saturated rings. The highest BCUT2D eigenvalue weighted by Gasteiger charge is 2.08. The number of methoxy groups -OCH3 is 1. The van der Waals surface area contributed by atoms with Gasteiger partial charge >= 0.3 is 5.97 Å². The van der Waals surface area contributed by atoms with E-state index < -0.39 is 5.97 Å². The fourth-order valence-corrected chi connectivity index (χ4v) is 2.83. The molecule has 29 heavy (non-hydrogen) atoms. The van der Waals surface area contributed by atoms with Crippen molar-refractivity contribution in [3.05, 3.63) is 87.9 Å². The summed E-state index contributed by atoms with van der Waals surface area (Å²) in [6.07, 6.45) is 1.58. The molecule has 0 saturated heterocycles. The number of anilines is 1. The molecule has 0 radical (unpaired) electrons. The van der Waals surface area contributed by atoms with Gasteiger partial charge in [-0.05, 0) is 53.6 Å². The minimum Gasteiger partial charge on any atom is -0.493 e. The Labute approximate surface area is 176 Å². The summed E-state index contributed by atoms with van der Waals surface area (Å²) < 4.78 is 12.3. The molecule has 0 amide bonds. The van der Waals surface area contributed by atoms with Crippen LogP contribution in [0.1, 0.15) is 21.5 Å². The van der Waals surface area contributed by atoms with E-state index in [0.717, 1.165) is 15.6 Å². The maximum absolute atomic E-state index is 11.2. The van der Waals surface area contributed by atoms with Gasteiger partial charge in [0.05, 0.1) is 24.6 Å². The van der Waals surface area contributed by atoms with Crippen molar-refractivity contribution in [1.82, 2.24) is 0 Å². The number of aromatic carboxylic acids is 1.